The van der Waals surface area contributed by atoms with Crippen molar-refractivity contribution in [2.24, 2.45) is 0 Å². The smallest absolute Gasteiger partial charge is 0.343 e. The fourth-order valence-electron chi connectivity index (χ4n) is 1.39. The van der Waals surface area contributed by atoms with Gasteiger partial charge in [0.15, 0.2) is 0 Å². The number of benzene rings is 1. The zero-order valence-electron chi connectivity index (χ0n) is 11.3. The monoisotopic (exact) mass is 303 g/mol. The van der Waals surface area contributed by atoms with E-state index in [0.717, 1.165) is 13.2 Å². The van der Waals surface area contributed by atoms with Crippen LogP contribution in [0.3, 0.4) is 0 Å². The molecule has 1 aromatic carbocycles. The third-order valence-corrected chi connectivity index (χ3v) is 2.62. The summed E-state index contributed by atoms with van der Waals surface area (Å²) < 4.78 is 23.3. The minimum Gasteiger partial charge on any atom is -0.465 e. The summed E-state index contributed by atoms with van der Waals surface area (Å²) in [4.78, 5) is 23.2. The van der Waals surface area contributed by atoms with Crippen LogP contribution in [-0.2, 0) is 14.3 Å². The van der Waals surface area contributed by atoms with E-state index < -0.39 is 23.3 Å². The molecule has 0 spiro atoms. The molecule has 0 bridgehead atoms. The van der Waals surface area contributed by atoms with Crippen molar-refractivity contribution in [3.8, 4) is 0 Å². The number of hydrogen-bond acceptors (Lipinski definition) is 4. The van der Waals surface area contributed by atoms with Gasteiger partial charge in [-0.3, -0.25) is 4.79 Å². The first-order valence-electron chi connectivity index (χ1n) is 5.84. The number of nitrogens with one attached hydrogen (secondary N) is 1. The maximum atomic E-state index is 13.7. The molecule has 5 nitrogen and oxygen atoms in total. The van der Waals surface area contributed by atoms with Crippen LogP contribution in [0.15, 0.2) is 12.1 Å². The maximum Gasteiger partial charge on any atom is 0.343 e. The number of carbonyl (C=O) groups excluding carboxylic acids is 2. The second kappa shape index (κ2) is 7.21. The van der Waals surface area contributed by atoms with E-state index in [-0.39, 0.29) is 23.4 Å². The number of amides is 1. The standard InChI is InChI=1S/C13H15ClFNO4/c1-7(2)20-6-10(17)16-12-8(14)4-5-9(15)11(12)13(18)19-3/h4-5,7H,6H2,1-3H3,(H,16,17). The Hall–Kier alpha value is -1.66. The predicted octanol–water partition coefficient (Wildman–Crippen LogP) is 2.63. The summed E-state index contributed by atoms with van der Waals surface area (Å²) in [6, 6.07) is 2.26. The Labute approximate surface area is 121 Å². The van der Waals surface area contributed by atoms with Gasteiger partial charge in [0.2, 0.25) is 5.91 Å². The molecule has 0 radical (unpaired) electrons. The largest absolute Gasteiger partial charge is 0.465 e. The van der Waals surface area contributed by atoms with Crippen molar-refractivity contribution in [1.29, 1.82) is 0 Å². The van der Waals surface area contributed by atoms with Gasteiger partial charge < -0.3 is 14.8 Å². The lowest BCUT2D eigenvalue weighted by Gasteiger charge is -2.13. The van der Waals surface area contributed by atoms with Crippen LogP contribution in [0.25, 0.3) is 0 Å². The number of halogens is 2. The van der Waals surface area contributed by atoms with Gasteiger partial charge in [-0.2, -0.15) is 0 Å². The van der Waals surface area contributed by atoms with Gasteiger partial charge in [0.1, 0.15) is 18.0 Å². The zero-order valence-corrected chi connectivity index (χ0v) is 12.1. The van der Waals surface area contributed by atoms with Crippen LogP contribution in [0.4, 0.5) is 10.1 Å². The molecule has 0 atom stereocenters. The first kappa shape index (κ1) is 16.4. The molecular formula is C13H15ClFNO4. The molecule has 0 saturated heterocycles. The molecule has 0 aliphatic heterocycles. The lowest BCUT2D eigenvalue weighted by molar-refractivity contribution is -0.121. The minimum atomic E-state index is -0.926. The van der Waals surface area contributed by atoms with Gasteiger partial charge in [-0.15, -0.1) is 0 Å². The Morgan fingerprint density at radius 1 is 1.40 bits per heavy atom. The van der Waals surface area contributed by atoms with Gasteiger partial charge in [0, 0.05) is 0 Å². The van der Waals surface area contributed by atoms with Crippen LogP contribution in [0, 0.1) is 5.82 Å². The lowest BCUT2D eigenvalue weighted by Crippen LogP contribution is -2.22. The van der Waals surface area contributed by atoms with E-state index in [1.807, 2.05) is 0 Å². The second-order valence-corrected chi connectivity index (χ2v) is 4.59. The van der Waals surface area contributed by atoms with E-state index in [4.69, 9.17) is 16.3 Å². The molecule has 0 heterocycles. The number of ether oxygens (including phenoxy) is 2. The van der Waals surface area contributed by atoms with Crippen LogP contribution in [0.1, 0.15) is 24.2 Å². The second-order valence-electron chi connectivity index (χ2n) is 4.18. The Bertz CT molecular complexity index is 519. The van der Waals surface area contributed by atoms with Crippen LogP contribution in [0.5, 0.6) is 0 Å². The number of esters is 1. The molecule has 1 rings (SSSR count). The topological polar surface area (TPSA) is 64.6 Å². The summed E-state index contributed by atoms with van der Waals surface area (Å²) in [5.74, 6) is -2.30. The average molecular weight is 304 g/mol. The highest BCUT2D eigenvalue weighted by atomic mass is 35.5. The van der Waals surface area contributed by atoms with Crippen molar-refractivity contribution in [3.05, 3.63) is 28.5 Å². The molecule has 1 aromatic rings. The number of rotatable bonds is 5. The normalized spacial score (nSPS) is 10.5. The molecule has 0 aliphatic rings. The number of carbonyl (C=O) groups is 2. The average Bonchev–Trinajstić information content (AvgIpc) is 2.40. The van der Waals surface area contributed by atoms with Crippen molar-refractivity contribution in [2.75, 3.05) is 19.0 Å². The van der Waals surface area contributed by atoms with Crippen molar-refractivity contribution in [3.63, 3.8) is 0 Å². The summed E-state index contributed by atoms with van der Waals surface area (Å²) in [7, 11) is 1.11. The molecule has 0 saturated carbocycles. The third-order valence-electron chi connectivity index (χ3n) is 2.31. The molecule has 0 fully saturated rings. The van der Waals surface area contributed by atoms with Gasteiger partial charge >= 0.3 is 5.97 Å². The summed E-state index contributed by atoms with van der Waals surface area (Å²) in [5, 5.41) is 2.39. The van der Waals surface area contributed by atoms with E-state index >= 15 is 0 Å². The Balaban J connectivity index is 3.01. The first-order valence-corrected chi connectivity index (χ1v) is 6.22. The highest BCUT2D eigenvalue weighted by molar-refractivity contribution is 6.34. The van der Waals surface area contributed by atoms with Crippen molar-refractivity contribution in [1.82, 2.24) is 0 Å². The Morgan fingerprint density at radius 2 is 2.05 bits per heavy atom. The van der Waals surface area contributed by atoms with Crippen molar-refractivity contribution >= 4 is 29.2 Å². The van der Waals surface area contributed by atoms with E-state index in [9.17, 15) is 14.0 Å². The highest BCUT2D eigenvalue weighted by Gasteiger charge is 2.22. The summed E-state index contributed by atoms with van der Waals surface area (Å²) in [6.45, 7) is 3.30. The SMILES string of the molecule is COC(=O)c1c(F)ccc(Cl)c1NC(=O)COC(C)C. The summed E-state index contributed by atoms with van der Waals surface area (Å²) in [6.07, 6.45) is -0.135. The summed E-state index contributed by atoms with van der Waals surface area (Å²) in [5.41, 5.74) is -0.547. The molecule has 20 heavy (non-hydrogen) atoms. The third kappa shape index (κ3) is 4.18. The van der Waals surface area contributed by atoms with E-state index in [2.05, 4.69) is 10.1 Å². The molecule has 0 unspecified atom stereocenters. The molecule has 110 valence electrons. The zero-order chi connectivity index (χ0) is 15.3. The molecule has 1 N–H and O–H groups in total. The molecule has 0 aromatic heterocycles. The highest BCUT2D eigenvalue weighted by Crippen LogP contribution is 2.29. The van der Waals surface area contributed by atoms with E-state index in [1.165, 1.54) is 6.07 Å². The number of methoxy groups -OCH3 is 1. The fourth-order valence-corrected chi connectivity index (χ4v) is 1.60. The van der Waals surface area contributed by atoms with Gasteiger partial charge in [-0.1, -0.05) is 11.6 Å². The van der Waals surface area contributed by atoms with Crippen molar-refractivity contribution in [2.45, 2.75) is 20.0 Å². The molecule has 0 aliphatic carbocycles. The minimum absolute atomic E-state index is 0.0321. The molecule has 1 amide bonds. The first-order chi connectivity index (χ1) is 9.36. The van der Waals surface area contributed by atoms with Crippen LogP contribution >= 0.6 is 11.6 Å². The van der Waals surface area contributed by atoms with E-state index in [1.54, 1.807) is 13.8 Å². The van der Waals surface area contributed by atoms with Crippen LogP contribution < -0.4 is 5.32 Å². The Morgan fingerprint density at radius 3 is 2.60 bits per heavy atom. The predicted molar refractivity (Wildman–Crippen MR) is 72.5 cm³/mol. The number of anilines is 1. The molecular weight excluding hydrogens is 289 g/mol. The van der Waals surface area contributed by atoms with Gasteiger partial charge in [-0.05, 0) is 26.0 Å². The quantitative estimate of drug-likeness (QED) is 0.849. The van der Waals surface area contributed by atoms with Crippen LogP contribution in [0.2, 0.25) is 5.02 Å². The Kier molecular flexibility index (Phi) is 5.91. The maximum absolute atomic E-state index is 13.7. The van der Waals surface area contributed by atoms with E-state index in [0.29, 0.717) is 0 Å². The fraction of sp³-hybridized carbons (Fsp3) is 0.385. The van der Waals surface area contributed by atoms with Crippen molar-refractivity contribution < 1.29 is 23.5 Å². The number of hydrogen-bond donors (Lipinski definition) is 1. The van der Waals surface area contributed by atoms with Gasteiger partial charge in [0.25, 0.3) is 0 Å². The van der Waals surface area contributed by atoms with Crippen LogP contribution in [-0.4, -0.2) is 31.7 Å². The lowest BCUT2D eigenvalue weighted by atomic mass is 10.1. The molecule has 7 heteroatoms. The van der Waals surface area contributed by atoms with Gasteiger partial charge in [0.05, 0.1) is 23.9 Å². The van der Waals surface area contributed by atoms with Gasteiger partial charge in [-0.25, -0.2) is 9.18 Å². The summed E-state index contributed by atoms with van der Waals surface area (Å²) >= 11 is 5.88.